The number of likely N-dealkylation sites (tertiary alicyclic amines) is 1. The van der Waals surface area contributed by atoms with Gasteiger partial charge in [0.2, 0.25) is 0 Å². The Bertz CT molecular complexity index is 915. The summed E-state index contributed by atoms with van der Waals surface area (Å²) >= 11 is 0. The molecule has 5 heteroatoms. The number of benzene rings is 1. The van der Waals surface area contributed by atoms with E-state index >= 15 is 0 Å². The van der Waals surface area contributed by atoms with Gasteiger partial charge in [-0.3, -0.25) is 9.80 Å². The molecule has 4 heterocycles. The zero-order valence-electron chi connectivity index (χ0n) is 17.6. The summed E-state index contributed by atoms with van der Waals surface area (Å²) in [6.45, 7) is 7.93. The number of piperazine rings is 1. The molecule has 0 N–H and O–H groups in total. The van der Waals surface area contributed by atoms with Crippen LogP contribution < -0.4 is 4.90 Å². The summed E-state index contributed by atoms with van der Waals surface area (Å²) in [5.41, 5.74) is 2.68. The summed E-state index contributed by atoms with van der Waals surface area (Å²) in [7, 11) is 0. The molecule has 1 atom stereocenters. The Morgan fingerprint density at radius 2 is 1.67 bits per heavy atom. The molecular weight excluding hydrogens is 370 g/mol. The number of piperidine rings is 1. The van der Waals surface area contributed by atoms with Gasteiger partial charge in [-0.25, -0.2) is 4.98 Å². The van der Waals surface area contributed by atoms with Gasteiger partial charge in [-0.2, -0.15) is 0 Å². The molecule has 0 bridgehead atoms. The monoisotopic (exact) mass is 401 g/mol. The van der Waals surface area contributed by atoms with E-state index in [-0.39, 0.29) is 0 Å². The minimum atomic E-state index is 0.676. The number of anilines is 1. The number of pyridine rings is 1. The fourth-order valence-electron chi connectivity index (χ4n) is 4.95. The van der Waals surface area contributed by atoms with E-state index in [4.69, 9.17) is 0 Å². The number of hydrogen-bond acceptors (Lipinski definition) is 4. The smallest absolute Gasteiger partial charge is 0.136 e. The number of aromatic nitrogens is 2. The van der Waals surface area contributed by atoms with Crippen LogP contribution in [0.15, 0.2) is 73.1 Å². The highest BCUT2D eigenvalue weighted by Crippen LogP contribution is 2.22. The van der Waals surface area contributed by atoms with E-state index in [1.807, 2.05) is 12.3 Å². The topological polar surface area (TPSA) is 27.5 Å². The number of hydrogen-bond donors (Lipinski definition) is 0. The molecule has 2 saturated heterocycles. The molecule has 2 aliphatic heterocycles. The average Bonchev–Trinajstić information content (AvgIpc) is 3.29. The molecule has 2 fully saturated rings. The van der Waals surface area contributed by atoms with Crippen molar-refractivity contribution in [1.82, 2.24) is 19.4 Å². The molecule has 1 unspecified atom stereocenters. The molecule has 5 nitrogen and oxygen atoms in total. The van der Waals surface area contributed by atoms with Crippen LogP contribution >= 0.6 is 0 Å². The molecule has 0 saturated carbocycles. The van der Waals surface area contributed by atoms with Crippen LogP contribution in [-0.2, 0) is 6.54 Å². The first kappa shape index (κ1) is 19.3. The Kier molecular flexibility index (Phi) is 5.82. The maximum absolute atomic E-state index is 4.53. The number of rotatable bonds is 5. The first-order valence-corrected chi connectivity index (χ1v) is 11.2. The Labute approximate surface area is 179 Å². The second-order valence-corrected chi connectivity index (χ2v) is 8.45. The summed E-state index contributed by atoms with van der Waals surface area (Å²) in [6, 6.07) is 22.0. The lowest BCUT2D eigenvalue weighted by molar-refractivity contribution is 0.0878. The minimum absolute atomic E-state index is 0.676. The van der Waals surface area contributed by atoms with E-state index in [1.54, 1.807) is 0 Å². The normalized spacial score (nSPS) is 21.1. The van der Waals surface area contributed by atoms with Gasteiger partial charge < -0.3 is 9.47 Å². The van der Waals surface area contributed by atoms with Crippen LogP contribution in [-0.4, -0.2) is 64.7 Å². The lowest BCUT2D eigenvalue weighted by atomic mass is 10.0. The Morgan fingerprint density at radius 3 is 2.47 bits per heavy atom. The first-order chi connectivity index (χ1) is 14.9. The van der Waals surface area contributed by atoms with Crippen molar-refractivity contribution < 1.29 is 0 Å². The van der Waals surface area contributed by atoms with Crippen molar-refractivity contribution in [2.45, 2.75) is 25.4 Å². The van der Waals surface area contributed by atoms with Crippen LogP contribution in [0, 0.1) is 0 Å². The molecule has 3 aromatic rings. The summed E-state index contributed by atoms with van der Waals surface area (Å²) in [5, 5.41) is 0. The Hall–Kier alpha value is -2.63. The summed E-state index contributed by atoms with van der Waals surface area (Å²) in [4.78, 5) is 12.4. The Balaban J connectivity index is 1.19. The zero-order valence-corrected chi connectivity index (χ0v) is 17.6. The molecule has 30 heavy (non-hydrogen) atoms. The zero-order chi connectivity index (χ0) is 20.2. The maximum atomic E-state index is 4.53. The summed E-state index contributed by atoms with van der Waals surface area (Å²) < 4.78 is 2.22. The molecule has 0 spiro atoms. The van der Waals surface area contributed by atoms with Crippen molar-refractivity contribution >= 4 is 5.69 Å². The molecule has 2 aliphatic rings. The largest absolute Gasteiger partial charge is 0.369 e. The van der Waals surface area contributed by atoms with E-state index in [9.17, 15) is 0 Å². The van der Waals surface area contributed by atoms with Crippen LogP contribution in [0.3, 0.4) is 0 Å². The van der Waals surface area contributed by atoms with Gasteiger partial charge >= 0.3 is 0 Å². The second-order valence-electron chi connectivity index (χ2n) is 8.45. The molecule has 2 aromatic heterocycles. The first-order valence-electron chi connectivity index (χ1n) is 11.2. The molecule has 5 rings (SSSR count). The van der Waals surface area contributed by atoms with Gasteiger partial charge in [-0.05, 0) is 55.8 Å². The van der Waals surface area contributed by atoms with Gasteiger partial charge in [0.1, 0.15) is 5.82 Å². The summed E-state index contributed by atoms with van der Waals surface area (Å²) in [6.07, 6.45) is 6.60. The van der Waals surface area contributed by atoms with E-state index < -0.39 is 0 Å². The molecule has 0 aliphatic carbocycles. The van der Waals surface area contributed by atoms with E-state index in [0.29, 0.717) is 6.04 Å². The third-order valence-electron chi connectivity index (χ3n) is 6.55. The van der Waals surface area contributed by atoms with Crippen LogP contribution in [0.2, 0.25) is 0 Å². The quantitative estimate of drug-likeness (QED) is 0.652. The van der Waals surface area contributed by atoms with Gasteiger partial charge in [-0.15, -0.1) is 0 Å². The van der Waals surface area contributed by atoms with Crippen molar-refractivity contribution in [2.75, 3.05) is 44.2 Å². The standard InChI is InChI=1S/C25H31N5/c1-2-8-22(9-3-1)28-16-18-29(19-17-28)23-10-6-14-27(20-23)21-24-11-7-15-30(24)25-12-4-5-13-26-25/h1-5,7-9,11-13,15,23H,6,10,14,16-21H2. The maximum Gasteiger partial charge on any atom is 0.136 e. The molecule has 0 amide bonds. The van der Waals surface area contributed by atoms with Crippen molar-refractivity contribution in [3.8, 4) is 5.82 Å². The minimum Gasteiger partial charge on any atom is -0.369 e. The number of nitrogens with zero attached hydrogens (tertiary/aromatic N) is 5. The third-order valence-corrected chi connectivity index (χ3v) is 6.55. The third kappa shape index (κ3) is 4.27. The van der Waals surface area contributed by atoms with Crippen molar-refractivity contribution in [3.63, 3.8) is 0 Å². The van der Waals surface area contributed by atoms with Gasteiger partial charge in [0.25, 0.3) is 0 Å². The van der Waals surface area contributed by atoms with Crippen LogP contribution in [0.1, 0.15) is 18.5 Å². The highest BCUT2D eigenvalue weighted by Gasteiger charge is 2.28. The van der Waals surface area contributed by atoms with E-state index in [2.05, 4.69) is 85.0 Å². The Morgan fingerprint density at radius 1 is 0.833 bits per heavy atom. The fourth-order valence-corrected chi connectivity index (χ4v) is 4.95. The van der Waals surface area contributed by atoms with E-state index in [1.165, 1.54) is 37.3 Å². The van der Waals surface area contributed by atoms with Gasteiger partial charge in [0, 0.05) is 69.1 Å². The highest BCUT2D eigenvalue weighted by molar-refractivity contribution is 5.46. The van der Waals surface area contributed by atoms with Crippen LogP contribution in [0.25, 0.3) is 5.82 Å². The average molecular weight is 402 g/mol. The number of para-hydroxylation sites is 1. The van der Waals surface area contributed by atoms with Crippen molar-refractivity contribution in [3.05, 3.63) is 78.8 Å². The van der Waals surface area contributed by atoms with Crippen LogP contribution in [0.5, 0.6) is 0 Å². The SMILES string of the molecule is c1ccc(N2CCN(C3CCCN(Cc4cccn4-c4ccccn4)C3)CC2)cc1. The van der Waals surface area contributed by atoms with Crippen molar-refractivity contribution in [1.29, 1.82) is 0 Å². The second kappa shape index (κ2) is 9.02. The highest BCUT2D eigenvalue weighted by atomic mass is 15.3. The molecule has 1 aromatic carbocycles. The molecule has 0 radical (unpaired) electrons. The van der Waals surface area contributed by atoms with Gasteiger partial charge in [0.15, 0.2) is 0 Å². The molecule has 156 valence electrons. The van der Waals surface area contributed by atoms with Gasteiger partial charge in [-0.1, -0.05) is 24.3 Å². The predicted octanol–water partition coefficient (Wildman–Crippen LogP) is 3.66. The summed E-state index contributed by atoms with van der Waals surface area (Å²) in [5.74, 6) is 1.00. The van der Waals surface area contributed by atoms with Crippen LogP contribution in [0.4, 0.5) is 5.69 Å². The fraction of sp³-hybridized carbons (Fsp3) is 0.400. The predicted molar refractivity (Wildman–Crippen MR) is 122 cm³/mol. The molecular formula is C25H31N5. The lowest BCUT2D eigenvalue weighted by Gasteiger charge is -2.44. The van der Waals surface area contributed by atoms with Gasteiger partial charge in [0.05, 0.1) is 0 Å². The van der Waals surface area contributed by atoms with E-state index in [0.717, 1.165) is 38.5 Å². The van der Waals surface area contributed by atoms with Crippen molar-refractivity contribution in [2.24, 2.45) is 0 Å². The lowest BCUT2D eigenvalue weighted by Crippen LogP contribution is -2.55.